The van der Waals surface area contributed by atoms with E-state index in [1.165, 1.54) is 167 Å². The largest absolute Gasteiger partial charge is 0.466 e. The molecule has 0 aromatic rings. The molecule has 0 aliphatic carbocycles. The Morgan fingerprint density at radius 3 is 1.25 bits per heavy atom. The van der Waals surface area contributed by atoms with Crippen molar-refractivity contribution < 1.29 is 24.5 Å². The highest BCUT2D eigenvalue weighted by atomic mass is 16.5. The summed E-state index contributed by atoms with van der Waals surface area (Å²) >= 11 is 0. The molecule has 2 unspecified atom stereocenters. The van der Waals surface area contributed by atoms with Crippen LogP contribution in [0.3, 0.4) is 0 Å². The number of unbranched alkanes of at least 4 members (excludes halogenated alkanes) is 34. The van der Waals surface area contributed by atoms with E-state index in [9.17, 15) is 19.8 Å². The van der Waals surface area contributed by atoms with Gasteiger partial charge in [-0.1, -0.05) is 231 Å². The predicted molar refractivity (Wildman–Crippen MR) is 255 cm³/mol. The molecule has 59 heavy (non-hydrogen) atoms. The molecule has 0 aromatic heterocycles. The SMILES string of the molecule is CCCCCCCCCCCCCCCCCC(O)C(CO)NC(=O)CCCCCCCC/C=C\C=C/CCCCCOC(=O)CCCCCCCCCCCCCC. The minimum absolute atomic E-state index is 0.0211. The smallest absolute Gasteiger partial charge is 0.305 e. The number of esters is 1. The molecule has 0 saturated carbocycles. The summed E-state index contributed by atoms with van der Waals surface area (Å²) in [5.74, 6) is -0.0778. The van der Waals surface area contributed by atoms with Gasteiger partial charge in [0.2, 0.25) is 5.91 Å². The number of ether oxygens (including phenoxy) is 1. The number of allylic oxidation sites excluding steroid dienone is 4. The van der Waals surface area contributed by atoms with Gasteiger partial charge in [-0.2, -0.15) is 0 Å². The monoisotopic (exact) mass is 832 g/mol. The van der Waals surface area contributed by atoms with Crippen molar-refractivity contribution in [2.45, 2.75) is 289 Å². The lowest BCUT2D eigenvalue weighted by atomic mass is 10.0. The number of aliphatic hydroxyl groups is 2. The van der Waals surface area contributed by atoms with Crippen LogP contribution in [0.5, 0.6) is 0 Å². The Balaban J connectivity index is 3.53. The number of amides is 1. The van der Waals surface area contributed by atoms with E-state index in [2.05, 4.69) is 43.5 Å². The van der Waals surface area contributed by atoms with Gasteiger partial charge in [-0.15, -0.1) is 0 Å². The number of rotatable bonds is 48. The minimum Gasteiger partial charge on any atom is -0.466 e. The van der Waals surface area contributed by atoms with Crippen molar-refractivity contribution in [1.29, 1.82) is 0 Å². The van der Waals surface area contributed by atoms with Gasteiger partial charge in [0.1, 0.15) is 0 Å². The van der Waals surface area contributed by atoms with Gasteiger partial charge in [0.25, 0.3) is 0 Å². The lowest BCUT2D eigenvalue weighted by molar-refractivity contribution is -0.143. The van der Waals surface area contributed by atoms with E-state index in [1.54, 1.807) is 0 Å². The topological polar surface area (TPSA) is 95.9 Å². The number of nitrogens with one attached hydrogen (secondary N) is 1. The normalized spacial score (nSPS) is 12.8. The fourth-order valence-electron chi connectivity index (χ4n) is 7.98. The molecular formula is C53H101NO5. The zero-order chi connectivity index (χ0) is 43.0. The molecule has 0 rings (SSSR count). The van der Waals surface area contributed by atoms with Crippen LogP contribution < -0.4 is 5.32 Å². The number of carbonyl (C=O) groups is 2. The Morgan fingerprint density at radius 1 is 0.475 bits per heavy atom. The summed E-state index contributed by atoms with van der Waals surface area (Å²) < 4.78 is 5.43. The fourth-order valence-corrected chi connectivity index (χ4v) is 7.98. The molecule has 1 amide bonds. The highest BCUT2D eigenvalue weighted by molar-refractivity contribution is 5.76. The molecule has 348 valence electrons. The van der Waals surface area contributed by atoms with E-state index in [4.69, 9.17) is 4.74 Å². The molecule has 0 heterocycles. The van der Waals surface area contributed by atoms with Crippen molar-refractivity contribution >= 4 is 11.9 Å². The average molecular weight is 832 g/mol. The summed E-state index contributed by atoms with van der Waals surface area (Å²) in [6.07, 6.45) is 57.2. The van der Waals surface area contributed by atoms with Crippen molar-refractivity contribution in [1.82, 2.24) is 5.32 Å². The van der Waals surface area contributed by atoms with E-state index >= 15 is 0 Å². The van der Waals surface area contributed by atoms with Gasteiger partial charge in [0.15, 0.2) is 0 Å². The maximum absolute atomic E-state index is 12.4. The zero-order valence-electron chi connectivity index (χ0n) is 39.5. The van der Waals surface area contributed by atoms with Crippen LogP contribution in [0.15, 0.2) is 24.3 Å². The Morgan fingerprint density at radius 2 is 0.831 bits per heavy atom. The summed E-state index contributed by atoms with van der Waals surface area (Å²) in [5.41, 5.74) is 0. The van der Waals surface area contributed by atoms with Gasteiger partial charge in [-0.3, -0.25) is 9.59 Å². The van der Waals surface area contributed by atoms with Gasteiger partial charge in [-0.25, -0.2) is 0 Å². The summed E-state index contributed by atoms with van der Waals surface area (Å²) in [5, 5.41) is 23.2. The van der Waals surface area contributed by atoms with Crippen molar-refractivity contribution in [3.63, 3.8) is 0 Å². The quantitative estimate of drug-likeness (QED) is 0.0322. The maximum Gasteiger partial charge on any atom is 0.305 e. The van der Waals surface area contributed by atoms with Crippen molar-refractivity contribution in [3.05, 3.63) is 24.3 Å². The molecule has 6 heteroatoms. The van der Waals surface area contributed by atoms with Gasteiger partial charge >= 0.3 is 5.97 Å². The third-order valence-electron chi connectivity index (χ3n) is 12.0. The molecule has 2 atom stereocenters. The average Bonchev–Trinajstić information content (AvgIpc) is 3.24. The van der Waals surface area contributed by atoms with Gasteiger partial charge < -0.3 is 20.3 Å². The molecule has 0 aliphatic rings. The van der Waals surface area contributed by atoms with Gasteiger partial charge in [0.05, 0.1) is 25.4 Å². The molecule has 0 fully saturated rings. The lowest BCUT2D eigenvalue weighted by Gasteiger charge is -2.22. The Hall–Kier alpha value is -1.66. The van der Waals surface area contributed by atoms with Crippen LogP contribution in [0.1, 0.15) is 277 Å². The van der Waals surface area contributed by atoms with E-state index in [0.29, 0.717) is 25.9 Å². The first kappa shape index (κ1) is 57.3. The number of aliphatic hydroxyl groups excluding tert-OH is 2. The van der Waals surface area contributed by atoms with Gasteiger partial charge in [0, 0.05) is 12.8 Å². The molecule has 6 nitrogen and oxygen atoms in total. The van der Waals surface area contributed by atoms with Crippen LogP contribution in [0.2, 0.25) is 0 Å². The molecule has 0 spiro atoms. The Bertz CT molecular complexity index is 920. The van der Waals surface area contributed by atoms with Crippen LogP contribution in [0.25, 0.3) is 0 Å². The molecule has 0 bridgehead atoms. The molecule has 0 aromatic carbocycles. The van der Waals surface area contributed by atoms with E-state index in [0.717, 1.165) is 77.0 Å². The standard InChI is InChI=1S/C53H101NO5/c1-3-5-7-9-11-13-15-17-19-22-25-29-33-37-41-45-51(56)50(49-55)54-52(57)46-42-38-34-30-26-23-20-18-21-24-28-32-36-40-44-48-59-53(58)47-43-39-35-31-27-16-14-12-10-8-6-4-2/h18,21,24,28,50-51,55-56H,3-17,19-20,22-23,25-27,29-49H2,1-2H3,(H,54,57)/b21-18-,28-24-. The van der Waals surface area contributed by atoms with E-state index in [1.807, 2.05) is 0 Å². The highest BCUT2D eigenvalue weighted by Gasteiger charge is 2.20. The first-order valence-corrected chi connectivity index (χ1v) is 26.1. The van der Waals surface area contributed by atoms with Crippen molar-refractivity contribution in [2.24, 2.45) is 0 Å². The summed E-state index contributed by atoms with van der Waals surface area (Å²) in [6, 6.07) is -0.557. The second-order valence-electron chi connectivity index (χ2n) is 17.9. The molecule has 0 radical (unpaired) electrons. The Labute approximate surface area is 367 Å². The third kappa shape index (κ3) is 45.7. The minimum atomic E-state index is -0.677. The Kier molecular flexibility index (Phi) is 47.6. The van der Waals surface area contributed by atoms with Crippen LogP contribution in [-0.4, -0.2) is 47.4 Å². The molecule has 0 aliphatic heterocycles. The third-order valence-corrected chi connectivity index (χ3v) is 12.0. The first-order chi connectivity index (χ1) is 29.0. The second kappa shape index (κ2) is 49.0. The fraction of sp³-hybridized carbons (Fsp3) is 0.887. The van der Waals surface area contributed by atoms with E-state index in [-0.39, 0.29) is 18.5 Å². The van der Waals surface area contributed by atoms with Crippen LogP contribution in [-0.2, 0) is 14.3 Å². The summed E-state index contributed by atoms with van der Waals surface area (Å²) in [4.78, 5) is 24.4. The number of carbonyl (C=O) groups excluding carboxylic acids is 2. The van der Waals surface area contributed by atoms with Gasteiger partial charge in [-0.05, 0) is 57.8 Å². The van der Waals surface area contributed by atoms with Crippen LogP contribution in [0.4, 0.5) is 0 Å². The number of hydrogen-bond acceptors (Lipinski definition) is 5. The van der Waals surface area contributed by atoms with Crippen LogP contribution in [0, 0.1) is 0 Å². The summed E-state index contributed by atoms with van der Waals surface area (Å²) in [7, 11) is 0. The summed E-state index contributed by atoms with van der Waals surface area (Å²) in [6.45, 7) is 4.90. The van der Waals surface area contributed by atoms with Crippen molar-refractivity contribution in [3.8, 4) is 0 Å². The first-order valence-electron chi connectivity index (χ1n) is 26.1. The maximum atomic E-state index is 12.4. The zero-order valence-corrected chi connectivity index (χ0v) is 39.5. The van der Waals surface area contributed by atoms with Crippen LogP contribution >= 0.6 is 0 Å². The second-order valence-corrected chi connectivity index (χ2v) is 17.9. The molecular weight excluding hydrogens is 731 g/mol. The number of hydrogen-bond donors (Lipinski definition) is 3. The molecule has 0 saturated heterocycles. The van der Waals surface area contributed by atoms with E-state index < -0.39 is 12.1 Å². The van der Waals surface area contributed by atoms with Crippen molar-refractivity contribution in [2.75, 3.05) is 13.2 Å². The predicted octanol–water partition coefficient (Wildman–Crippen LogP) is 15.5. The molecule has 3 N–H and O–H groups in total. The highest BCUT2D eigenvalue weighted by Crippen LogP contribution is 2.16. The lowest BCUT2D eigenvalue weighted by Crippen LogP contribution is -2.45.